The van der Waals surface area contributed by atoms with E-state index in [-0.39, 0.29) is 63.1 Å². The number of benzene rings is 1. The number of halogens is 2. The van der Waals surface area contributed by atoms with E-state index in [1.165, 1.54) is 26.4 Å². The van der Waals surface area contributed by atoms with Crippen LogP contribution in [0.3, 0.4) is 0 Å². The molecule has 1 aromatic carbocycles. The third-order valence-electron chi connectivity index (χ3n) is 8.08. The number of nitrogens with zero attached hydrogens (tertiary/aromatic N) is 5. The third kappa shape index (κ3) is 6.82. The van der Waals surface area contributed by atoms with E-state index >= 15 is 0 Å². The second kappa shape index (κ2) is 14.5. The van der Waals surface area contributed by atoms with Gasteiger partial charge in [0.25, 0.3) is 5.56 Å². The summed E-state index contributed by atoms with van der Waals surface area (Å²) >= 11 is 13.5. The highest BCUT2D eigenvalue weighted by molar-refractivity contribution is 6.41. The molecule has 2 fully saturated rings. The number of methoxy groups -OCH3 is 2. The van der Waals surface area contributed by atoms with Crippen LogP contribution in [0.1, 0.15) is 0 Å². The molecular formula is C31H35Cl2N7O6. The SMILES string of the molecule is C=CC(=O)NC1COC[C@@H]1Nc1ncc2cc(-c3c(Cl)c(OC)cc(OC)c3Cl)c(=O)n(CCN3CCN(C(=O)C=C)CC3)c2n1. The van der Waals surface area contributed by atoms with Gasteiger partial charge in [-0.15, -0.1) is 0 Å². The zero-order chi connectivity index (χ0) is 33.0. The number of fused-ring (bicyclic) bond motifs is 1. The van der Waals surface area contributed by atoms with Crippen LogP contribution in [0, 0.1) is 0 Å². The first-order valence-corrected chi connectivity index (χ1v) is 15.4. The van der Waals surface area contributed by atoms with Crippen molar-refractivity contribution >= 4 is 52.0 Å². The van der Waals surface area contributed by atoms with Gasteiger partial charge in [-0.1, -0.05) is 36.4 Å². The van der Waals surface area contributed by atoms with E-state index in [1.807, 2.05) is 0 Å². The van der Waals surface area contributed by atoms with Gasteiger partial charge >= 0.3 is 0 Å². The molecule has 5 rings (SSSR count). The van der Waals surface area contributed by atoms with Crippen molar-refractivity contribution in [3.8, 4) is 22.6 Å². The number of piperazine rings is 1. The van der Waals surface area contributed by atoms with Crippen LogP contribution < -0.4 is 25.7 Å². The second-order valence-electron chi connectivity index (χ2n) is 10.7. The minimum Gasteiger partial charge on any atom is -0.495 e. The summed E-state index contributed by atoms with van der Waals surface area (Å²) in [6.45, 7) is 10.9. The van der Waals surface area contributed by atoms with Crippen molar-refractivity contribution in [1.82, 2.24) is 29.7 Å². The molecule has 2 aliphatic heterocycles. The van der Waals surface area contributed by atoms with Crippen LogP contribution in [0.5, 0.6) is 11.5 Å². The Kier molecular flexibility index (Phi) is 10.5. The molecule has 2 aromatic heterocycles. The lowest BCUT2D eigenvalue weighted by Gasteiger charge is -2.34. The number of amides is 2. The summed E-state index contributed by atoms with van der Waals surface area (Å²) in [5, 5.41) is 6.97. The molecule has 2 atom stereocenters. The van der Waals surface area contributed by atoms with Crippen molar-refractivity contribution in [2.75, 3.05) is 65.5 Å². The van der Waals surface area contributed by atoms with Crippen LogP contribution in [0.2, 0.25) is 10.0 Å². The molecule has 0 aliphatic carbocycles. The Morgan fingerprint density at radius 3 is 2.33 bits per heavy atom. The standard InChI is InChI=1S/C31H35Cl2N7O6/c1-5-24(41)35-20-16-46-17-21(20)36-31-34-15-18-13-19(26-27(32)22(44-3)14-23(45-4)28(26)33)30(43)40(29(18)37-31)12-9-38-7-10-39(11-8-38)25(42)6-2/h5-6,13-15,20-21H,1-2,7-12,16-17H2,3-4H3,(H,35,41)(H,34,36,37)/t20?,21-/m0/s1. The van der Waals surface area contributed by atoms with E-state index < -0.39 is 0 Å². The van der Waals surface area contributed by atoms with Gasteiger partial charge in [0.05, 0.1) is 55.1 Å². The second-order valence-corrected chi connectivity index (χ2v) is 11.5. The zero-order valence-corrected chi connectivity index (χ0v) is 27.1. The third-order valence-corrected chi connectivity index (χ3v) is 8.83. The van der Waals surface area contributed by atoms with Crippen LogP contribution in [-0.2, 0) is 20.9 Å². The molecule has 15 heteroatoms. The Labute approximate surface area is 275 Å². The van der Waals surface area contributed by atoms with Crippen LogP contribution in [0.4, 0.5) is 5.95 Å². The molecule has 3 aromatic rings. The Morgan fingerprint density at radius 2 is 1.70 bits per heavy atom. The number of ether oxygens (including phenoxy) is 3. The van der Waals surface area contributed by atoms with Crippen molar-refractivity contribution in [3.05, 3.63) is 64.0 Å². The Bertz CT molecular complexity index is 1700. The summed E-state index contributed by atoms with van der Waals surface area (Å²) in [4.78, 5) is 51.5. The van der Waals surface area contributed by atoms with Crippen molar-refractivity contribution in [2.24, 2.45) is 0 Å². The molecule has 2 saturated heterocycles. The smallest absolute Gasteiger partial charge is 0.260 e. The van der Waals surface area contributed by atoms with E-state index in [1.54, 1.807) is 27.8 Å². The summed E-state index contributed by atoms with van der Waals surface area (Å²) in [5.41, 5.74) is 0.501. The van der Waals surface area contributed by atoms with Crippen LogP contribution in [0.25, 0.3) is 22.2 Å². The highest BCUT2D eigenvalue weighted by Gasteiger charge is 2.30. The normalized spacial score (nSPS) is 18.3. The average Bonchev–Trinajstić information content (AvgIpc) is 3.50. The summed E-state index contributed by atoms with van der Waals surface area (Å²) in [6.07, 6.45) is 4.12. The first-order valence-electron chi connectivity index (χ1n) is 14.6. The largest absolute Gasteiger partial charge is 0.495 e. The first-order chi connectivity index (χ1) is 22.2. The predicted molar refractivity (Wildman–Crippen MR) is 176 cm³/mol. The van der Waals surface area contributed by atoms with Crippen molar-refractivity contribution in [2.45, 2.75) is 18.6 Å². The molecule has 4 heterocycles. The fourth-order valence-electron chi connectivity index (χ4n) is 5.55. The van der Waals surface area contributed by atoms with Gasteiger partial charge in [0.15, 0.2) is 0 Å². The average molecular weight is 673 g/mol. The van der Waals surface area contributed by atoms with Crippen LogP contribution >= 0.6 is 23.2 Å². The molecule has 13 nitrogen and oxygen atoms in total. The number of hydrogen-bond acceptors (Lipinski definition) is 10. The Morgan fingerprint density at radius 1 is 1.02 bits per heavy atom. The predicted octanol–water partition coefficient (Wildman–Crippen LogP) is 2.59. The van der Waals surface area contributed by atoms with Crippen molar-refractivity contribution < 1.29 is 23.8 Å². The monoisotopic (exact) mass is 671 g/mol. The van der Waals surface area contributed by atoms with Gasteiger partial charge in [0, 0.05) is 62.5 Å². The van der Waals surface area contributed by atoms with Crippen molar-refractivity contribution in [1.29, 1.82) is 0 Å². The number of anilines is 1. The lowest BCUT2D eigenvalue weighted by atomic mass is 10.0. The summed E-state index contributed by atoms with van der Waals surface area (Å²) in [5.74, 6) is 0.432. The quantitative estimate of drug-likeness (QED) is 0.292. The number of carbonyl (C=O) groups excluding carboxylic acids is 2. The van der Waals surface area contributed by atoms with E-state index in [2.05, 4.69) is 33.7 Å². The van der Waals surface area contributed by atoms with Gasteiger partial charge in [-0.25, -0.2) is 4.98 Å². The highest BCUT2D eigenvalue weighted by Crippen LogP contribution is 2.45. The molecule has 0 bridgehead atoms. The Balaban J connectivity index is 1.54. The minimum atomic E-state index is -0.378. The maximum atomic E-state index is 14.3. The van der Waals surface area contributed by atoms with E-state index in [9.17, 15) is 14.4 Å². The van der Waals surface area contributed by atoms with Crippen LogP contribution in [-0.4, -0.2) is 108 Å². The lowest BCUT2D eigenvalue weighted by molar-refractivity contribution is -0.127. The van der Waals surface area contributed by atoms with E-state index in [0.29, 0.717) is 68.5 Å². The lowest BCUT2D eigenvalue weighted by Crippen LogP contribution is -2.49. The highest BCUT2D eigenvalue weighted by atomic mass is 35.5. The first kappa shape index (κ1) is 33.2. The fraction of sp³-hybridized carbons (Fsp3) is 0.387. The van der Waals surface area contributed by atoms with Crippen molar-refractivity contribution in [3.63, 3.8) is 0 Å². The molecule has 0 spiro atoms. The molecule has 0 saturated carbocycles. The topological polar surface area (TPSA) is 140 Å². The molecule has 2 amide bonds. The van der Waals surface area contributed by atoms with E-state index in [0.717, 1.165) is 0 Å². The van der Waals surface area contributed by atoms with Gasteiger partial charge in [0.2, 0.25) is 17.8 Å². The number of aromatic nitrogens is 3. The van der Waals surface area contributed by atoms with Gasteiger partial charge in [-0.05, 0) is 18.2 Å². The number of rotatable bonds is 11. The number of carbonyl (C=O) groups is 2. The zero-order valence-electron chi connectivity index (χ0n) is 25.6. The minimum absolute atomic E-state index is 0.104. The van der Waals surface area contributed by atoms with Gasteiger partial charge in [-0.3, -0.25) is 23.9 Å². The number of pyridine rings is 1. The number of hydrogen-bond donors (Lipinski definition) is 2. The summed E-state index contributed by atoms with van der Waals surface area (Å²) in [7, 11) is 2.93. The summed E-state index contributed by atoms with van der Waals surface area (Å²) < 4.78 is 18.0. The number of nitrogens with one attached hydrogen (secondary N) is 2. The summed E-state index contributed by atoms with van der Waals surface area (Å²) in [6, 6.07) is 2.57. The van der Waals surface area contributed by atoms with Gasteiger partial charge < -0.3 is 29.7 Å². The maximum absolute atomic E-state index is 14.3. The maximum Gasteiger partial charge on any atom is 0.260 e. The molecular weight excluding hydrogens is 637 g/mol. The molecule has 2 aliphatic rings. The molecule has 46 heavy (non-hydrogen) atoms. The molecule has 1 unspecified atom stereocenters. The van der Waals surface area contributed by atoms with Crippen LogP contribution in [0.15, 0.2) is 48.4 Å². The van der Waals surface area contributed by atoms with Gasteiger partial charge in [-0.2, -0.15) is 4.98 Å². The fourth-order valence-corrected chi connectivity index (χ4v) is 6.25. The molecule has 0 radical (unpaired) electrons. The molecule has 2 N–H and O–H groups in total. The Hall–Kier alpha value is -4.17. The molecule has 244 valence electrons. The van der Waals surface area contributed by atoms with E-state index in [4.69, 9.17) is 42.4 Å². The van der Waals surface area contributed by atoms with Gasteiger partial charge in [0.1, 0.15) is 17.1 Å².